The van der Waals surface area contributed by atoms with Crippen LogP contribution in [0.15, 0.2) is 66.9 Å². The van der Waals surface area contributed by atoms with Crippen LogP contribution in [0.3, 0.4) is 0 Å². The van der Waals surface area contributed by atoms with Crippen molar-refractivity contribution in [3.05, 3.63) is 78.1 Å². The number of carbonyl (C=O) groups excluding carboxylic acids is 1. The maximum Gasteiger partial charge on any atom is 0.254 e. The molecule has 37 heavy (non-hydrogen) atoms. The van der Waals surface area contributed by atoms with Crippen LogP contribution in [0, 0.1) is 0 Å². The number of hydrogen-bond donors (Lipinski definition) is 2. The molecule has 186 valence electrons. The molecule has 1 fully saturated rings. The number of anilines is 1. The maximum absolute atomic E-state index is 13.4. The molecule has 3 N–H and O–H groups in total. The molecular weight excluding hydrogens is 462 g/mol. The number of amides is 1. The number of likely N-dealkylation sites (tertiary alicyclic amines) is 1. The van der Waals surface area contributed by atoms with Gasteiger partial charge in [0.1, 0.15) is 0 Å². The van der Waals surface area contributed by atoms with Gasteiger partial charge >= 0.3 is 0 Å². The smallest absolute Gasteiger partial charge is 0.254 e. The van der Waals surface area contributed by atoms with Crippen molar-refractivity contribution in [1.82, 2.24) is 24.0 Å². The molecule has 1 saturated heterocycles. The molecule has 2 aliphatic rings. The summed E-state index contributed by atoms with van der Waals surface area (Å²) in [6, 6.07) is 20.6. The molecule has 5 aromatic rings. The van der Waals surface area contributed by atoms with Gasteiger partial charge in [-0.05, 0) is 49.2 Å². The second kappa shape index (κ2) is 8.74. The molecule has 3 aromatic heterocycles. The fraction of sp³-hybridized carbons (Fsp3) is 0.276. The number of pyridine rings is 1. The van der Waals surface area contributed by atoms with Crippen LogP contribution in [0.5, 0.6) is 0 Å². The number of piperidine rings is 1. The molecule has 8 heteroatoms. The summed E-state index contributed by atoms with van der Waals surface area (Å²) in [5.41, 5.74) is 12.8. The molecule has 5 heterocycles. The highest BCUT2D eigenvalue weighted by Gasteiger charge is 2.27. The Kier molecular flexibility index (Phi) is 5.21. The van der Waals surface area contributed by atoms with Crippen molar-refractivity contribution < 1.29 is 4.79 Å². The van der Waals surface area contributed by atoms with Gasteiger partial charge in [-0.2, -0.15) is 0 Å². The summed E-state index contributed by atoms with van der Waals surface area (Å²) in [4.78, 5) is 25.0. The lowest BCUT2D eigenvalue weighted by atomic mass is 10.0. The van der Waals surface area contributed by atoms with Crippen LogP contribution < -0.4 is 11.1 Å². The molecule has 0 unspecified atom stereocenters. The number of nitrogens with one attached hydrogen (secondary N) is 1. The van der Waals surface area contributed by atoms with Gasteiger partial charge in [0.15, 0.2) is 5.82 Å². The predicted molar refractivity (Wildman–Crippen MR) is 146 cm³/mol. The van der Waals surface area contributed by atoms with E-state index in [9.17, 15) is 4.79 Å². The quantitative estimate of drug-likeness (QED) is 0.395. The number of nitrogens with zero attached hydrogens (tertiary/aromatic N) is 5. The van der Waals surface area contributed by atoms with E-state index in [1.165, 1.54) is 5.39 Å². The molecule has 7 rings (SSSR count). The molecule has 2 aliphatic heterocycles. The molecule has 1 atom stereocenters. The molecular formula is C29H29N7O. The number of aromatic nitrogens is 4. The first-order valence-electron chi connectivity index (χ1n) is 13.0. The van der Waals surface area contributed by atoms with E-state index in [0.29, 0.717) is 18.7 Å². The Balaban J connectivity index is 1.37. The molecule has 0 saturated carbocycles. The molecule has 1 amide bonds. The number of rotatable bonds is 4. The standard InChI is InChI=1S/C29H29N7O/c30-21-7-5-12-34(17-21)29(37)20-14-23-27-24(15-20)33-28(35(27)13-11-32-23)26-16-19-6-1-2-9-25(19)36(26)18-22-8-3-4-10-31-22/h1-4,6,8-10,14-16,21,32H,5,7,11-13,17-18,30H2/t21-/m1/s1. The van der Waals surface area contributed by atoms with Crippen LogP contribution in [0.4, 0.5) is 5.69 Å². The van der Waals surface area contributed by atoms with Gasteiger partial charge in [-0.15, -0.1) is 0 Å². The normalized spacial score (nSPS) is 17.3. The van der Waals surface area contributed by atoms with Crippen molar-refractivity contribution in [2.24, 2.45) is 5.73 Å². The van der Waals surface area contributed by atoms with E-state index in [1.807, 2.05) is 35.4 Å². The fourth-order valence-electron chi connectivity index (χ4n) is 5.84. The maximum atomic E-state index is 13.4. The average molecular weight is 492 g/mol. The van der Waals surface area contributed by atoms with Crippen molar-refractivity contribution in [3.63, 3.8) is 0 Å². The number of nitrogens with two attached hydrogens (primary N) is 1. The van der Waals surface area contributed by atoms with E-state index in [1.54, 1.807) is 0 Å². The Morgan fingerprint density at radius 2 is 1.97 bits per heavy atom. The van der Waals surface area contributed by atoms with E-state index in [-0.39, 0.29) is 11.9 Å². The van der Waals surface area contributed by atoms with Gasteiger partial charge < -0.3 is 25.1 Å². The Morgan fingerprint density at radius 1 is 1.08 bits per heavy atom. The largest absolute Gasteiger partial charge is 0.381 e. The van der Waals surface area contributed by atoms with Crippen LogP contribution in [0.25, 0.3) is 33.5 Å². The first-order chi connectivity index (χ1) is 18.2. The third kappa shape index (κ3) is 3.76. The van der Waals surface area contributed by atoms with Crippen LogP contribution in [0.2, 0.25) is 0 Å². The molecule has 0 radical (unpaired) electrons. The average Bonchev–Trinajstić information content (AvgIpc) is 3.48. The minimum absolute atomic E-state index is 0.0287. The van der Waals surface area contributed by atoms with E-state index >= 15 is 0 Å². The number of fused-ring (bicyclic) bond motifs is 1. The van der Waals surface area contributed by atoms with Gasteiger partial charge in [0.05, 0.1) is 34.7 Å². The highest BCUT2D eigenvalue weighted by atomic mass is 16.2. The van der Waals surface area contributed by atoms with E-state index in [4.69, 9.17) is 10.7 Å². The minimum atomic E-state index is 0.0287. The summed E-state index contributed by atoms with van der Waals surface area (Å²) in [7, 11) is 0. The van der Waals surface area contributed by atoms with Gasteiger partial charge in [-0.25, -0.2) is 4.98 Å². The Labute approximate surface area is 214 Å². The van der Waals surface area contributed by atoms with Gasteiger partial charge in [-0.1, -0.05) is 24.3 Å². The first-order valence-corrected chi connectivity index (χ1v) is 13.0. The Hall–Kier alpha value is -4.17. The zero-order valence-corrected chi connectivity index (χ0v) is 20.6. The highest BCUT2D eigenvalue weighted by molar-refractivity contribution is 6.03. The SMILES string of the molecule is N[C@@H]1CCCN(C(=O)c2cc3c4c(c2)nc(-c2cc5ccccc5n2Cc2ccccn2)n4CCN3)C1. The summed E-state index contributed by atoms with van der Waals surface area (Å²) in [6.07, 6.45) is 3.75. The predicted octanol–water partition coefficient (Wildman–Crippen LogP) is 4.09. The number of carbonyl (C=O) groups is 1. The number of imidazole rings is 1. The highest BCUT2D eigenvalue weighted by Crippen LogP contribution is 2.36. The second-order valence-electron chi connectivity index (χ2n) is 10.1. The second-order valence-corrected chi connectivity index (χ2v) is 10.1. The fourth-order valence-corrected chi connectivity index (χ4v) is 5.84. The summed E-state index contributed by atoms with van der Waals surface area (Å²) in [5.74, 6) is 0.940. The topological polar surface area (TPSA) is 94.0 Å². The Morgan fingerprint density at radius 3 is 2.84 bits per heavy atom. The van der Waals surface area contributed by atoms with Crippen molar-refractivity contribution >= 4 is 33.5 Å². The van der Waals surface area contributed by atoms with Crippen LogP contribution >= 0.6 is 0 Å². The number of hydrogen-bond acceptors (Lipinski definition) is 5. The van der Waals surface area contributed by atoms with Gasteiger partial charge in [0, 0.05) is 54.9 Å². The van der Waals surface area contributed by atoms with Crippen LogP contribution in [-0.4, -0.2) is 55.6 Å². The lowest BCUT2D eigenvalue weighted by molar-refractivity contribution is 0.0709. The first kappa shape index (κ1) is 22.1. The van der Waals surface area contributed by atoms with Crippen molar-refractivity contribution in [3.8, 4) is 11.5 Å². The lowest BCUT2D eigenvalue weighted by Crippen LogP contribution is -2.45. The number of benzene rings is 2. The summed E-state index contributed by atoms with van der Waals surface area (Å²) < 4.78 is 4.58. The third-order valence-corrected chi connectivity index (χ3v) is 7.57. The molecule has 0 spiro atoms. The number of para-hydroxylation sites is 1. The summed E-state index contributed by atoms with van der Waals surface area (Å²) >= 11 is 0. The minimum Gasteiger partial charge on any atom is -0.381 e. The molecule has 2 aromatic carbocycles. The molecule has 0 aliphatic carbocycles. The summed E-state index contributed by atoms with van der Waals surface area (Å²) in [5, 5.41) is 4.67. The van der Waals surface area contributed by atoms with Crippen LogP contribution in [0.1, 0.15) is 28.9 Å². The third-order valence-electron chi connectivity index (χ3n) is 7.57. The van der Waals surface area contributed by atoms with E-state index in [2.05, 4.69) is 55.8 Å². The van der Waals surface area contributed by atoms with Crippen molar-refractivity contribution in [1.29, 1.82) is 0 Å². The van der Waals surface area contributed by atoms with Crippen LogP contribution in [-0.2, 0) is 13.1 Å². The van der Waals surface area contributed by atoms with Gasteiger partial charge in [0.25, 0.3) is 5.91 Å². The molecule has 0 bridgehead atoms. The Bertz CT molecular complexity index is 1630. The zero-order valence-electron chi connectivity index (χ0n) is 20.6. The van der Waals surface area contributed by atoms with Gasteiger partial charge in [0.2, 0.25) is 0 Å². The van der Waals surface area contributed by atoms with Crippen molar-refractivity contribution in [2.45, 2.75) is 32.0 Å². The zero-order chi connectivity index (χ0) is 24.9. The lowest BCUT2D eigenvalue weighted by Gasteiger charge is -2.31. The van der Waals surface area contributed by atoms with E-state index < -0.39 is 0 Å². The van der Waals surface area contributed by atoms with Gasteiger partial charge in [-0.3, -0.25) is 9.78 Å². The molecule has 8 nitrogen and oxygen atoms in total. The summed E-state index contributed by atoms with van der Waals surface area (Å²) in [6.45, 7) is 3.58. The monoisotopic (exact) mass is 491 g/mol. The van der Waals surface area contributed by atoms with E-state index in [0.717, 1.165) is 71.9 Å². The van der Waals surface area contributed by atoms with Crippen molar-refractivity contribution in [2.75, 3.05) is 25.0 Å².